The maximum absolute atomic E-state index is 0. The first-order chi connectivity index (χ1) is 0. The summed E-state index contributed by atoms with van der Waals surface area (Å²) in [7, 11) is 0. The van der Waals surface area contributed by atoms with Crippen LogP contribution in [0.3, 0.4) is 0 Å². The molecule has 0 heterocycles. The van der Waals surface area contributed by atoms with Crippen LogP contribution in [0.2, 0.25) is 0 Å². The monoisotopic (exact) mass is 391 g/mol. The summed E-state index contributed by atoms with van der Waals surface area (Å²) in [6.45, 7) is 0. The third kappa shape index (κ3) is 8.84. The Morgan fingerprint density at radius 2 is 1.00 bits per heavy atom. The predicted octanol–water partition coefficient (Wildman–Crippen LogP) is -0.388. The summed E-state index contributed by atoms with van der Waals surface area (Å²) in [6, 6.07) is 0. The van der Waals surface area contributed by atoms with Gasteiger partial charge < -0.3 is 0 Å². The van der Waals surface area contributed by atoms with Gasteiger partial charge in [-0.25, -0.2) is 0 Å². The van der Waals surface area contributed by atoms with Gasteiger partial charge in [0.05, 0.1) is 0 Å². The molecule has 0 amide bonds. The van der Waals surface area contributed by atoms with Crippen molar-refractivity contribution in [1.29, 1.82) is 0 Å². The van der Waals surface area contributed by atoms with Crippen LogP contribution in [-0.2, 0) is 61.8 Å². The van der Waals surface area contributed by atoms with Crippen molar-refractivity contribution in [3.63, 3.8) is 0 Å². The van der Waals surface area contributed by atoms with E-state index in [2.05, 4.69) is 0 Å². The van der Waals surface area contributed by atoms with Crippen LogP contribution in [0.1, 0.15) is 0 Å². The molecule has 35 valence electrons. The smallest absolute Gasteiger partial charge is 0 e. The van der Waals surface area contributed by atoms with Crippen molar-refractivity contribution in [1.82, 2.24) is 0 Å². The summed E-state index contributed by atoms with van der Waals surface area (Å²) >= 11 is 0. The fourth-order valence-corrected chi connectivity index (χ4v) is 0. The Morgan fingerprint density at radius 1 is 1.00 bits per heavy atom. The van der Waals surface area contributed by atoms with Gasteiger partial charge in [0.25, 0.3) is 0 Å². The first-order valence-corrected chi connectivity index (χ1v) is 0. The summed E-state index contributed by atoms with van der Waals surface area (Å²) in [4.78, 5) is 0. The van der Waals surface area contributed by atoms with E-state index in [1.807, 2.05) is 0 Å². The minimum Gasteiger partial charge on any atom is 0 e. The number of rotatable bonds is 0. The molecule has 5 radical (unpaired) electrons. The SMILES string of the molecule is [Ag].[Au].[Cu].[Mg]. The van der Waals surface area contributed by atoms with E-state index in [4.69, 9.17) is 0 Å². The van der Waals surface area contributed by atoms with Crippen molar-refractivity contribution in [2.45, 2.75) is 0 Å². The average molecular weight is 393 g/mol. The topological polar surface area (TPSA) is 0 Å². The molecule has 0 nitrogen and oxygen atoms in total. The summed E-state index contributed by atoms with van der Waals surface area (Å²) in [6.07, 6.45) is 0. The average Bonchev–Trinajstić information content (AvgIpc) is 0. The first kappa shape index (κ1) is 29.4. The molecule has 0 aliphatic carbocycles. The Hall–Kier alpha value is 2.77. The van der Waals surface area contributed by atoms with Gasteiger partial charge >= 0.3 is 0 Å². The molecule has 0 fully saturated rings. The second kappa shape index (κ2) is 17.1. The third-order valence-corrected chi connectivity index (χ3v) is 0. The summed E-state index contributed by atoms with van der Waals surface area (Å²) in [5, 5.41) is 0. The molecule has 0 N–H and O–H groups in total. The fraction of sp³-hybridized carbons (Fsp3) is 0. The molecule has 0 saturated carbocycles. The Kier molecular flexibility index (Phi) is 126. The van der Waals surface area contributed by atoms with Gasteiger partial charge in [-0.15, -0.1) is 0 Å². The van der Waals surface area contributed by atoms with E-state index in [0.29, 0.717) is 0 Å². The zero-order valence-electron chi connectivity index (χ0n) is 1.61. The standard InChI is InChI=1S/Ag.Au.Cu.Mg. The second-order valence-electron chi connectivity index (χ2n) is 0. The van der Waals surface area contributed by atoms with Crippen molar-refractivity contribution < 1.29 is 61.8 Å². The van der Waals surface area contributed by atoms with Crippen molar-refractivity contribution >= 4 is 23.1 Å². The van der Waals surface area contributed by atoms with Gasteiger partial charge in [-0.2, -0.15) is 0 Å². The van der Waals surface area contributed by atoms with E-state index >= 15 is 0 Å². The molecule has 0 spiro atoms. The first-order valence-electron chi connectivity index (χ1n) is 0. The number of hydrogen-bond acceptors (Lipinski definition) is 0. The number of hydrogen-bond donors (Lipinski definition) is 0. The summed E-state index contributed by atoms with van der Waals surface area (Å²) in [5.41, 5.74) is 0. The minimum absolute atomic E-state index is 0. The van der Waals surface area contributed by atoms with Gasteiger partial charge in [0, 0.05) is 84.9 Å². The van der Waals surface area contributed by atoms with Crippen molar-refractivity contribution in [2.75, 3.05) is 0 Å². The maximum Gasteiger partial charge on any atom is 0 e. The maximum atomic E-state index is 0. The van der Waals surface area contributed by atoms with Gasteiger partial charge in [-0.1, -0.05) is 0 Å². The van der Waals surface area contributed by atoms with Crippen molar-refractivity contribution in [3.8, 4) is 0 Å². The van der Waals surface area contributed by atoms with E-state index in [0.717, 1.165) is 0 Å². The van der Waals surface area contributed by atoms with Crippen LogP contribution in [0.25, 0.3) is 0 Å². The molecule has 0 aromatic carbocycles. The molecule has 4 heavy (non-hydrogen) atoms. The molecular formula is AgAuCuMg. The molecule has 0 saturated heterocycles. The molecule has 0 bridgehead atoms. The summed E-state index contributed by atoms with van der Waals surface area (Å²) < 4.78 is 0. The zero-order chi connectivity index (χ0) is 0. The Bertz CT molecular complexity index is 8.00. The Labute approximate surface area is 83.5 Å². The van der Waals surface area contributed by atoms with Crippen LogP contribution in [-0.4, -0.2) is 23.1 Å². The molecule has 0 aromatic heterocycles. The molecule has 0 aromatic rings. The van der Waals surface area contributed by atoms with Gasteiger partial charge in [0.2, 0.25) is 0 Å². The van der Waals surface area contributed by atoms with Crippen LogP contribution < -0.4 is 0 Å². The minimum atomic E-state index is 0. The van der Waals surface area contributed by atoms with Gasteiger partial charge in [-0.3, -0.25) is 0 Å². The zero-order valence-corrected chi connectivity index (χ0v) is 7.62. The third-order valence-electron chi connectivity index (χ3n) is 0. The molecule has 0 aliphatic heterocycles. The van der Waals surface area contributed by atoms with Crippen LogP contribution in [0, 0.1) is 0 Å². The van der Waals surface area contributed by atoms with Crippen LogP contribution in [0.4, 0.5) is 0 Å². The van der Waals surface area contributed by atoms with E-state index in [1.165, 1.54) is 0 Å². The van der Waals surface area contributed by atoms with Gasteiger partial charge in [0.1, 0.15) is 0 Å². The summed E-state index contributed by atoms with van der Waals surface area (Å²) in [5.74, 6) is 0. The van der Waals surface area contributed by atoms with Crippen LogP contribution in [0.15, 0.2) is 0 Å². The van der Waals surface area contributed by atoms with Crippen molar-refractivity contribution in [2.24, 2.45) is 0 Å². The van der Waals surface area contributed by atoms with E-state index in [9.17, 15) is 0 Å². The molecule has 0 aliphatic rings. The van der Waals surface area contributed by atoms with E-state index < -0.39 is 0 Å². The van der Waals surface area contributed by atoms with Crippen LogP contribution in [0.5, 0.6) is 0 Å². The fourth-order valence-electron chi connectivity index (χ4n) is 0. The van der Waals surface area contributed by atoms with E-state index in [-0.39, 0.29) is 84.9 Å². The normalized spacial score (nSPS) is 0. The molecule has 0 unspecified atom stereocenters. The molecule has 0 atom stereocenters. The molecular weight excluding hydrogens is 393 g/mol. The Balaban J connectivity index is 0. The predicted molar refractivity (Wildman–Crippen MR) is 5.75 cm³/mol. The van der Waals surface area contributed by atoms with E-state index in [1.54, 1.807) is 0 Å². The van der Waals surface area contributed by atoms with Crippen LogP contribution >= 0.6 is 0 Å². The van der Waals surface area contributed by atoms with Gasteiger partial charge in [0.15, 0.2) is 0 Å². The van der Waals surface area contributed by atoms with Gasteiger partial charge in [-0.05, 0) is 0 Å². The quantitative estimate of drug-likeness (QED) is 0.493. The largest absolute Gasteiger partial charge is 0 e. The molecule has 4 heteroatoms. The second-order valence-corrected chi connectivity index (χ2v) is 0. The Morgan fingerprint density at radius 3 is 1.00 bits per heavy atom. The van der Waals surface area contributed by atoms with Crippen molar-refractivity contribution in [3.05, 3.63) is 0 Å². The molecule has 0 rings (SSSR count).